The van der Waals surface area contributed by atoms with E-state index in [1.54, 1.807) is 6.92 Å². The molecule has 0 aromatic heterocycles. The molecule has 5 nitrogen and oxygen atoms in total. The first-order valence-electron chi connectivity index (χ1n) is 7.55. The highest BCUT2D eigenvalue weighted by molar-refractivity contribution is 5.94. The SMILES string of the molecule is CC(=O)N1CCN(c2cccc(NC(=O)C3CC3)c2)CC1. The second-order valence-electron chi connectivity index (χ2n) is 5.81. The Balaban J connectivity index is 1.63. The lowest BCUT2D eigenvalue weighted by atomic mass is 10.2. The normalized spacial score (nSPS) is 18.5. The lowest BCUT2D eigenvalue weighted by molar-refractivity contribution is -0.129. The van der Waals surface area contributed by atoms with E-state index in [-0.39, 0.29) is 17.7 Å². The number of amides is 2. The molecule has 0 atom stereocenters. The number of piperazine rings is 1. The summed E-state index contributed by atoms with van der Waals surface area (Å²) in [7, 11) is 0. The predicted octanol–water partition coefficient (Wildman–Crippen LogP) is 1.70. The topological polar surface area (TPSA) is 52.7 Å². The maximum atomic E-state index is 11.8. The fraction of sp³-hybridized carbons (Fsp3) is 0.500. The van der Waals surface area contributed by atoms with Crippen LogP contribution < -0.4 is 10.2 Å². The first kappa shape index (κ1) is 13.9. The molecule has 0 bridgehead atoms. The van der Waals surface area contributed by atoms with E-state index in [1.165, 1.54) is 0 Å². The average Bonchev–Trinajstić information content (AvgIpc) is 3.32. The molecule has 1 saturated heterocycles. The van der Waals surface area contributed by atoms with Crippen LogP contribution in [0.4, 0.5) is 11.4 Å². The fourth-order valence-electron chi connectivity index (χ4n) is 2.65. The number of benzene rings is 1. The molecule has 2 fully saturated rings. The lowest BCUT2D eigenvalue weighted by Gasteiger charge is -2.35. The quantitative estimate of drug-likeness (QED) is 0.920. The standard InChI is InChI=1S/C16H21N3O2/c1-12(20)18-7-9-19(10-8-18)15-4-2-3-14(11-15)17-16(21)13-5-6-13/h2-4,11,13H,5-10H2,1H3,(H,17,21). The molecule has 2 amide bonds. The van der Waals surface area contributed by atoms with Gasteiger partial charge in [0.25, 0.3) is 0 Å². The largest absolute Gasteiger partial charge is 0.368 e. The monoisotopic (exact) mass is 287 g/mol. The van der Waals surface area contributed by atoms with Crippen molar-refractivity contribution in [1.29, 1.82) is 0 Å². The Morgan fingerprint density at radius 2 is 1.86 bits per heavy atom. The Labute approximate surface area is 124 Å². The number of nitrogens with zero attached hydrogens (tertiary/aromatic N) is 2. The highest BCUT2D eigenvalue weighted by Gasteiger charge is 2.29. The van der Waals surface area contributed by atoms with Crippen molar-refractivity contribution in [3.05, 3.63) is 24.3 Å². The van der Waals surface area contributed by atoms with Gasteiger partial charge < -0.3 is 15.1 Å². The number of anilines is 2. The van der Waals surface area contributed by atoms with E-state index < -0.39 is 0 Å². The van der Waals surface area contributed by atoms with Gasteiger partial charge in [-0.1, -0.05) is 6.07 Å². The van der Waals surface area contributed by atoms with Crippen LogP contribution in [0.1, 0.15) is 19.8 Å². The van der Waals surface area contributed by atoms with Crippen LogP contribution in [-0.4, -0.2) is 42.9 Å². The molecule has 1 aromatic rings. The Hall–Kier alpha value is -2.04. The van der Waals surface area contributed by atoms with Gasteiger partial charge >= 0.3 is 0 Å². The molecule has 0 unspecified atom stereocenters. The zero-order chi connectivity index (χ0) is 14.8. The van der Waals surface area contributed by atoms with Crippen LogP contribution in [0.2, 0.25) is 0 Å². The van der Waals surface area contributed by atoms with Gasteiger partial charge in [0.1, 0.15) is 0 Å². The minimum Gasteiger partial charge on any atom is -0.368 e. The maximum Gasteiger partial charge on any atom is 0.227 e. The van der Waals surface area contributed by atoms with Crippen LogP contribution in [-0.2, 0) is 9.59 Å². The smallest absolute Gasteiger partial charge is 0.227 e. The summed E-state index contributed by atoms with van der Waals surface area (Å²) >= 11 is 0. The minimum absolute atomic E-state index is 0.133. The number of carbonyl (C=O) groups is 2. The van der Waals surface area contributed by atoms with E-state index in [9.17, 15) is 9.59 Å². The van der Waals surface area contributed by atoms with Gasteiger partial charge in [-0.05, 0) is 31.0 Å². The molecule has 0 spiro atoms. The zero-order valence-electron chi connectivity index (χ0n) is 12.3. The first-order valence-corrected chi connectivity index (χ1v) is 7.55. The molecule has 3 rings (SSSR count). The van der Waals surface area contributed by atoms with Gasteiger partial charge in [-0.2, -0.15) is 0 Å². The number of hydrogen-bond acceptors (Lipinski definition) is 3. The van der Waals surface area contributed by atoms with Crippen LogP contribution in [0.5, 0.6) is 0 Å². The molecule has 5 heteroatoms. The highest BCUT2D eigenvalue weighted by atomic mass is 16.2. The summed E-state index contributed by atoms with van der Waals surface area (Å²) in [4.78, 5) is 27.3. The summed E-state index contributed by atoms with van der Waals surface area (Å²) in [6, 6.07) is 7.96. The third-order valence-electron chi connectivity index (χ3n) is 4.15. The molecule has 1 aromatic carbocycles. The molecule has 1 aliphatic carbocycles. The van der Waals surface area contributed by atoms with E-state index >= 15 is 0 Å². The molecule has 21 heavy (non-hydrogen) atoms. The van der Waals surface area contributed by atoms with Gasteiger partial charge in [-0.15, -0.1) is 0 Å². The molecular formula is C16H21N3O2. The molecule has 1 saturated carbocycles. The first-order chi connectivity index (χ1) is 10.1. The number of hydrogen-bond donors (Lipinski definition) is 1. The summed E-state index contributed by atoms with van der Waals surface area (Å²) in [5, 5.41) is 2.98. The van der Waals surface area contributed by atoms with E-state index in [2.05, 4.69) is 16.3 Å². The minimum atomic E-state index is 0.133. The molecular weight excluding hydrogens is 266 g/mol. The second-order valence-corrected chi connectivity index (χ2v) is 5.81. The number of carbonyl (C=O) groups excluding carboxylic acids is 2. The molecule has 0 radical (unpaired) electrons. The van der Waals surface area contributed by atoms with E-state index in [0.717, 1.165) is 50.4 Å². The van der Waals surface area contributed by atoms with Crippen molar-refractivity contribution in [2.75, 3.05) is 36.4 Å². The van der Waals surface area contributed by atoms with Gasteiger partial charge in [0.2, 0.25) is 11.8 Å². The summed E-state index contributed by atoms with van der Waals surface area (Å²) < 4.78 is 0. The fourth-order valence-corrected chi connectivity index (χ4v) is 2.65. The van der Waals surface area contributed by atoms with Crippen LogP contribution in [0.3, 0.4) is 0 Å². The molecule has 112 valence electrons. The van der Waals surface area contributed by atoms with Crippen LogP contribution in [0.25, 0.3) is 0 Å². The summed E-state index contributed by atoms with van der Waals surface area (Å²) in [6.07, 6.45) is 2.02. The van der Waals surface area contributed by atoms with Crippen LogP contribution in [0, 0.1) is 5.92 Å². The van der Waals surface area contributed by atoms with Crippen LogP contribution in [0.15, 0.2) is 24.3 Å². The summed E-state index contributed by atoms with van der Waals surface area (Å²) in [5.74, 6) is 0.487. The molecule has 2 aliphatic rings. The third-order valence-corrected chi connectivity index (χ3v) is 4.15. The maximum absolute atomic E-state index is 11.8. The van der Waals surface area contributed by atoms with Gasteiger partial charge in [0, 0.05) is 50.4 Å². The van der Waals surface area contributed by atoms with Crippen molar-refractivity contribution >= 4 is 23.2 Å². The zero-order valence-corrected chi connectivity index (χ0v) is 12.3. The number of nitrogens with one attached hydrogen (secondary N) is 1. The summed E-state index contributed by atoms with van der Waals surface area (Å²) in [5.41, 5.74) is 1.96. The Kier molecular flexibility index (Phi) is 3.82. The van der Waals surface area contributed by atoms with E-state index in [4.69, 9.17) is 0 Å². The Morgan fingerprint density at radius 1 is 1.14 bits per heavy atom. The number of rotatable bonds is 3. The van der Waals surface area contributed by atoms with E-state index in [1.807, 2.05) is 23.1 Å². The third kappa shape index (κ3) is 3.35. The predicted molar refractivity (Wildman–Crippen MR) is 82.3 cm³/mol. The lowest BCUT2D eigenvalue weighted by Crippen LogP contribution is -2.48. The van der Waals surface area contributed by atoms with Gasteiger partial charge in [-0.25, -0.2) is 0 Å². The van der Waals surface area contributed by atoms with Gasteiger partial charge in [-0.3, -0.25) is 9.59 Å². The highest BCUT2D eigenvalue weighted by Crippen LogP contribution is 2.30. The van der Waals surface area contributed by atoms with Crippen molar-refractivity contribution in [2.45, 2.75) is 19.8 Å². The molecule has 1 N–H and O–H groups in total. The van der Waals surface area contributed by atoms with Crippen molar-refractivity contribution in [2.24, 2.45) is 5.92 Å². The summed E-state index contributed by atoms with van der Waals surface area (Å²) in [6.45, 7) is 4.80. The van der Waals surface area contributed by atoms with Gasteiger partial charge in [0.05, 0.1) is 0 Å². The second kappa shape index (κ2) is 5.76. The average molecular weight is 287 g/mol. The molecule has 1 aliphatic heterocycles. The van der Waals surface area contributed by atoms with Crippen LogP contribution >= 0.6 is 0 Å². The van der Waals surface area contributed by atoms with Crippen molar-refractivity contribution in [3.63, 3.8) is 0 Å². The molecule has 1 heterocycles. The Bertz CT molecular complexity index is 546. The van der Waals surface area contributed by atoms with Crippen molar-refractivity contribution in [1.82, 2.24) is 4.90 Å². The van der Waals surface area contributed by atoms with Crippen molar-refractivity contribution < 1.29 is 9.59 Å². The van der Waals surface area contributed by atoms with Gasteiger partial charge in [0.15, 0.2) is 0 Å². The Morgan fingerprint density at radius 3 is 2.48 bits per heavy atom. The van der Waals surface area contributed by atoms with E-state index in [0.29, 0.717) is 0 Å². The van der Waals surface area contributed by atoms with Crippen molar-refractivity contribution in [3.8, 4) is 0 Å².